The second-order valence-electron chi connectivity index (χ2n) is 7.12. The predicted octanol–water partition coefficient (Wildman–Crippen LogP) is 2.94. The number of nitrogens with zero attached hydrogens (tertiary/aromatic N) is 3. The molecular formula is C23H25N5O4. The fourth-order valence-corrected chi connectivity index (χ4v) is 3.61. The van der Waals surface area contributed by atoms with Crippen LogP contribution in [0.5, 0.6) is 11.5 Å². The molecule has 9 nitrogen and oxygen atoms in total. The summed E-state index contributed by atoms with van der Waals surface area (Å²) in [5.74, 6) is 1.06. The Morgan fingerprint density at radius 1 is 1.06 bits per heavy atom. The molecule has 2 aromatic heterocycles. The number of aromatic nitrogens is 3. The van der Waals surface area contributed by atoms with Gasteiger partial charge in [0, 0.05) is 26.3 Å². The van der Waals surface area contributed by atoms with Crippen LogP contribution >= 0.6 is 0 Å². The highest BCUT2D eigenvalue weighted by Gasteiger charge is 2.26. The first-order valence-electron chi connectivity index (χ1n) is 10.1. The highest BCUT2D eigenvalue weighted by Crippen LogP contribution is 2.36. The van der Waals surface area contributed by atoms with Gasteiger partial charge in [0.1, 0.15) is 28.4 Å². The maximum Gasteiger partial charge on any atom is 0.257 e. The van der Waals surface area contributed by atoms with E-state index in [9.17, 15) is 4.79 Å². The number of nitrogens with one attached hydrogen (secondary N) is 1. The van der Waals surface area contributed by atoms with Crippen molar-refractivity contribution >= 4 is 33.9 Å². The largest absolute Gasteiger partial charge is 0.497 e. The molecule has 3 N–H and O–H groups in total. The van der Waals surface area contributed by atoms with Gasteiger partial charge < -0.3 is 25.3 Å². The number of anilines is 1. The van der Waals surface area contributed by atoms with Gasteiger partial charge in [0.05, 0.1) is 30.9 Å². The van der Waals surface area contributed by atoms with E-state index in [1.807, 2.05) is 30.3 Å². The van der Waals surface area contributed by atoms with Gasteiger partial charge in [-0.05, 0) is 30.7 Å². The van der Waals surface area contributed by atoms with Gasteiger partial charge in [0.15, 0.2) is 5.65 Å². The Balaban J connectivity index is 1.94. The number of hydrogen-bond acceptors (Lipinski definition) is 7. The number of rotatable bonds is 8. The highest BCUT2D eigenvalue weighted by atomic mass is 16.5. The van der Waals surface area contributed by atoms with Crippen molar-refractivity contribution in [2.75, 3.05) is 40.2 Å². The maximum absolute atomic E-state index is 13.1. The maximum atomic E-state index is 13.1. The van der Waals surface area contributed by atoms with Crippen LogP contribution in [0, 0.1) is 0 Å². The summed E-state index contributed by atoms with van der Waals surface area (Å²) in [4.78, 5) is 22.6. The summed E-state index contributed by atoms with van der Waals surface area (Å²) < 4.78 is 17.6. The Bertz CT molecular complexity index is 1280. The highest BCUT2D eigenvalue weighted by molar-refractivity contribution is 6.11. The first-order valence-corrected chi connectivity index (χ1v) is 10.1. The van der Waals surface area contributed by atoms with Gasteiger partial charge in [0.2, 0.25) is 0 Å². The number of fused-ring (bicyclic) bond motifs is 2. The van der Waals surface area contributed by atoms with Gasteiger partial charge in [-0.1, -0.05) is 12.1 Å². The first-order chi connectivity index (χ1) is 15.6. The van der Waals surface area contributed by atoms with E-state index in [-0.39, 0.29) is 17.3 Å². The van der Waals surface area contributed by atoms with Crippen LogP contribution in [0.2, 0.25) is 0 Å². The number of benzene rings is 2. The summed E-state index contributed by atoms with van der Waals surface area (Å²) >= 11 is 0. The van der Waals surface area contributed by atoms with Crippen molar-refractivity contribution in [1.29, 1.82) is 0 Å². The summed E-state index contributed by atoms with van der Waals surface area (Å²) in [7, 11) is 4.76. The Kier molecular flexibility index (Phi) is 6.09. The normalized spacial score (nSPS) is 11.1. The minimum Gasteiger partial charge on any atom is -0.497 e. The molecular weight excluding hydrogens is 410 g/mol. The summed E-state index contributed by atoms with van der Waals surface area (Å²) in [6, 6.07) is 12.8. The topological polar surface area (TPSA) is 114 Å². The molecule has 0 unspecified atom stereocenters. The first kappa shape index (κ1) is 21.4. The van der Waals surface area contributed by atoms with Crippen LogP contribution in [0.3, 0.4) is 0 Å². The minimum absolute atomic E-state index is 0.225. The average molecular weight is 435 g/mol. The number of para-hydroxylation sites is 2. The van der Waals surface area contributed by atoms with Gasteiger partial charge in [-0.3, -0.25) is 9.36 Å². The number of hydrogen-bond donors (Lipinski definition) is 2. The van der Waals surface area contributed by atoms with Crippen molar-refractivity contribution in [3.8, 4) is 17.2 Å². The minimum atomic E-state index is -0.320. The Labute approximate surface area is 185 Å². The molecule has 32 heavy (non-hydrogen) atoms. The molecule has 166 valence electrons. The van der Waals surface area contributed by atoms with E-state index in [4.69, 9.17) is 29.9 Å². The fourth-order valence-electron chi connectivity index (χ4n) is 3.61. The van der Waals surface area contributed by atoms with E-state index in [0.29, 0.717) is 59.0 Å². The van der Waals surface area contributed by atoms with Crippen molar-refractivity contribution < 1.29 is 19.0 Å². The quantitative estimate of drug-likeness (QED) is 0.409. The number of amides is 1. The van der Waals surface area contributed by atoms with Gasteiger partial charge in [-0.25, -0.2) is 9.97 Å². The molecule has 1 amide bonds. The summed E-state index contributed by atoms with van der Waals surface area (Å²) in [5, 5.41) is 2.90. The zero-order chi connectivity index (χ0) is 22.7. The van der Waals surface area contributed by atoms with E-state index in [1.54, 1.807) is 38.0 Å². The van der Waals surface area contributed by atoms with E-state index < -0.39 is 0 Å². The Morgan fingerprint density at radius 3 is 2.50 bits per heavy atom. The number of ether oxygens (including phenoxy) is 3. The number of carbonyl (C=O) groups is 1. The SMILES string of the molecule is COCCCNC(=O)c1c(N)n(-c2ccc(OC)cc2OC)c2nc3ccccc3nc12. The Hall–Kier alpha value is -3.85. The molecule has 0 aliphatic rings. The third-order valence-electron chi connectivity index (χ3n) is 5.16. The van der Waals surface area contributed by atoms with Gasteiger partial charge in [-0.2, -0.15) is 0 Å². The third kappa shape index (κ3) is 3.78. The molecule has 0 spiro atoms. The monoisotopic (exact) mass is 435 g/mol. The molecule has 2 heterocycles. The van der Waals surface area contributed by atoms with Crippen molar-refractivity contribution in [2.45, 2.75) is 6.42 Å². The molecule has 2 aromatic carbocycles. The van der Waals surface area contributed by atoms with Crippen molar-refractivity contribution in [3.05, 3.63) is 48.0 Å². The molecule has 0 fully saturated rings. The smallest absolute Gasteiger partial charge is 0.257 e. The van der Waals surface area contributed by atoms with Crippen molar-refractivity contribution in [3.63, 3.8) is 0 Å². The van der Waals surface area contributed by atoms with Crippen LogP contribution in [0.4, 0.5) is 5.82 Å². The van der Waals surface area contributed by atoms with Gasteiger partial charge >= 0.3 is 0 Å². The lowest BCUT2D eigenvalue weighted by molar-refractivity contribution is 0.0951. The Morgan fingerprint density at radius 2 is 1.81 bits per heavy atom. The molecule has 0 aliphatic carbocycles. The summed E-state index contributed by atoms with van der Waals surface area (Å²) in [6.07, 6.45) is 0.682. The van der Waals surface area contributed by atoms with Crippen molar-refractivity contribution in [2.24, 2.45) is 0 Å². The van der Waals surface area contributed by atoms with Crippen LogP contribution in [0.15, 0.2) is 42.5 Å². The summed E-state index contributed by atoms with van der Waals surface area (Å²) in [6.45, 7) is 0.997. The van der Waals surface area contributed by atoms with Crippen LogP contribution < -0.4 is 20.5 Å². The lowest BCUT2D eigenvalue weighted by Crippen LogP contribution is -2.26. The second kappa shape index (κ2) is 9.11. The second-order valence-corrected chi connectivity index (χ2v) is 7.12. The van der Waals surface area contributed by atoms with Gasteiger partial charge in [-0.15, -0.1) is 0 Å². The zero-order valence-electron chi connectivity index (χ0n) is 18.2. The lowest BCUT2D eigenvalue weighted by Gasteiger charge is -2.13. The standard InChI is InChI=1S/C23H25N5O4/c1-30-12-6-11-25-23(29)19-20-22(27-16-8-5-4-7-15(16)26-20)28(21(19)24)17-10-9-14(31-2)13-18(17)32-3/h4-5,7-10,13H,6,11-12,24H2,1-3H3,(H,25,29). The van der Waals surface area contributed by atoms with E-state index in [0.717, 1.165) is 0 Å². The number of nitrogens with two attached hydrogens (primary N) is 1. The molecule has 0 aliphatic heterocycles. The molecule has 0 atom stereocenters. The predicted molar refractivity (Wildman–Crippen MR) is 123 cm³/mol. The molecule has 0 saturated carbocycles. The van der Waals surface area contributed by atoms with Crippen LogP contribution in [0.25, 0.3) is 27.9 Å². The average Bonchev–Trinajstić information content (AvgIpc) is 3.10. The van der Waals surface area contributed by atoms with Crippen LogP contribution in [-0.4, -0.2) is 54.9 Å². The van der Waals surface area contributed by atoms with Crippen molar-refractivity contribution in [1.82, 2.24) is 19.9 Å². The molecule has 0 bridgehead atoms. The molecule has 4 aromatic rings. The number of methoxy groups -OCH3 is 3. The molecule has 9 heteroatoms. The number of nitrogen functional groups attached to an aromatic ring is 1. The zero-order valence-corrected chi connectivity index (χ0v) is 18.2. The molecule has 4 rings (SSSR count). The molecule has 0 radical (unpaired) electrons. The molecule has 0 saturated heterocycles. The van der Waals surface area contributed by atoms with Gasteiger partial charge in [0.25, 0.3) is 5.91 Å². The summed E-state index contributed by atoms with van der Waals surface area (Å²) in [5.41, 5.74) is 9.69. The van der Waals surface area contributed by atoms with E-state index in [2.05, 4.69) is 5.32 Å². The lowest BCUT2D eigenvalue weighted by atomic mass is 10.2. The van der Waals surface area contributed by atoms with E-state index >= 15 is 0 Å². The number of carbonyl (C=O) groups excluding carboxylic acids is 1. The van der Waals surface area contributed by atoms with Crippen LogP contribution in [0.1, 0.15) is 16.8 Å². The van der Waals surface area contributed by atoms with Crippen LogP contribution in [-0.2, 0) is 4.74 Å². The van der Waals surface area contributed by atoms with E-state index in [1.165, 1.54) is 0 Å². The fraction of sp³-hybridized carbons (Fsp3) is 0.261. The third-order valence-corrected chi connectivity index (χ3v) is 5.16.